The molecule has 1 atom stereocenters. The van der Waals surface area contributed by atoms with Crippen LogP contribution in [-0.2, 0) is 13.0 Å². The second-order valence-electron chi connectivity index (χ2n) is 11.4. The fraction of sp³-hybridized carbons (Fsp3) is 0.433. The van der Waals surface area contributed by atoms with Gasteiger partial charge in [-0.1, -0.05) is 11.6 Å². The Hall–Kier alpha value is -2.94. The number of aromatic nitrogens is 3. The van der Waals surface area contributed by atoms with Crippen LogP contribution in [0.25, 0.3) is 21.3 Å². The van der Waals surface area contributed by atoms with E-state index in [1.54, 1.807) is 22.1 Å². The molecule has 0 bridgehead atoms. The van der Waals surface area contributed by atoms with Gasteiger partial charge in [0.25, 0.3) is 5.56 Å². The van der Waals surface area contributed by atoms with Gasteiger partial charge in [0.1, 0.15) is 0 Å². The van der Waals surface area contributed by atoms with Crippen LogP contribution >= 0.6 is 22.9 Å². The van der Waals surface area contributed by atoms with Gasteiger partial charge in [-0.3, -0.25) is 18.9 Å². The molecule has 3 aliphatic rings. The fourth-order valence-electron chi connectivity index (χ4n) is 6.45. The number of likely N-dealkylation sites (N-methyl/N-ethyl adjacent to an activating group) is 1. The number of aryl methyl sites for hydroxylation is 2. The second kappa shape index (κ2) is 9.61. The molecule has 0 amide bonds. The van der Waals surface area contributed by atoms with Crippen LogP contribution in [0.4, 0.5) is 5.69 Å². The van der Waals surface area contributed by atoms with Crippen LogP contribution in [0.15, 0.2) is 46.2 Å². The lowest BCUT2D eigenvalue weighted by Gasteiger charge is -2.38. The Morgan fingerprint density at radius 2 is 1.95 bits per heavy atom. The molecule has 0 N–H and O–H groups in total. The average Bonchev–Trinajstić information content (AvgIpc) is 3.52. The Bertz CT molecular complexity index is 1720. The van der Waals surface area contributed by atoms with Crippen LogP contribution in [0.2, 0.25) is 5.02 Å². The van der Waals surface area contributed by atoms with E-state index >= 15 is 0 Å². The highest BCUT2D eigenvalue weighted by molar-refractivity contribution is 7.19. The quantitative estimate of drug-likeness (QED) is 0.340. The van der Waals surface area contributed by atoms with Crippen molar-refractivity contribution in [2.75, 3.05) is 31.6 Å². The molecule has 0 radical (unpaired) electrons. The predicted molar refractivity (Wildman–Crippen MR) is 159 cm³/mol. The fourth-order valence-corrected chi connectivity index (χ4v) is 7.91. The van der Waals surface area contributed by atoms with Crippen molar-refractivity contribution in [3.05, 3.63) is 78.5 Å². The summed E-state index contributed by atoms with van der Waals surface area (Å²) < 4.78 is 4.14. The van der Waals surface area contributed by atoms with E-state index in [2.05, 4.69) is 35.9 Å². The zero-order valence-electron chi connectivity index (χ0n) is 22.3. The molecule has 202 valence electrons. The molecule has 0 spiro atoms. The molecule has 5 heterocycles. The molecule has 7 rings (SSSR count). The van der Waals surface area contributed by atoms with Crippen LogP contribution < -0.4 is 16.1 Å². The van der Waals surface area contributed by atoms with E-state index in [1.165, 1.54) is 21.9 Å². The standard InChI is InChI=1S/C30H32ClN5O2S/c1-18-15-32-25-14-23(17-36-26(37)8-11-35(30(36)38)21-5-6-21)39-29(25)27(18)24-13-20(31)12-19-4-3-9-34(28(19)24)22-7-10-33(2)16-22/h8,11-15,21-22H,3-7,9-10,16-17H2,1-2H3/t22-/m0/s1. The number of fused-ring (bicyclic) bond motifs is 2. The number of thiophene rings is 1. The summed E-state index contributed by atoms with van der Waals surface area (Å²) in [6.07, 6.45) is 8.88. The average molecular weight is 562 g/mol. The summed E-state index contributed by atoms with van der Waals surface area (Å²) in [5.41, 5.74) is 6.44. The minimum Gasteiger partial charge on any atom is -0.366 e. The molecule has 9 heteroatoms. The minimum atomic E-state index is -0.264. The predicted octanol–water partition coefficient (Wildman–Crippen LogP) is 5.09. The highest BCUT2D eigenvalue weighted by Crippen LogP contribution is 2.46. The van der Waals surface area contributed by atoms with Gasteiger partial charge in [-0.05, 0) is 81.9 Å². The molecule has 1 aliphatic carbocycles. The maximum Gasteiger partial charge on any atom is 0.331 e. The Kier molecular flexibility index (Phi) is 6.17. The third-order valence-corrected chi connectivity index (χ3v) is 9.84. The van der Waals surface area contributed by atoms with E-state index in [1.807, 2.05) is 12.3 Å². The smallest absolute Gasteiger partial charge is 0.331 e. The van der Waals surface area contributed by atoms with Crippen LogP contribution in [0.1, 0.15) is 47.7 Å². The number of rotatable bonds is 5. The summed E-state index contributed by atoms with van der Waals surface area (Å²) in [5, 5.41) is 0.756. The lowest BCUT2D eigenvalue weighted by atomic mass is 9.91. The number of likely N-dealkylation sites (tertiary alicyclic amines) is 1. The Morgan fingerprint density at radius 1 is 1.10 bits per heavy atom. The number of pyridine rings is 1. The van der Waals surface area contributed by atoms with Crippen LogP contribution in [-0.4, -0.2) is 51.7 Å². The molecule has 1 saturated carbocycles. The Labute approximate surface area is 236 Å². The molecular formula is C30H32ClN5O2S. The van der Waals surface area contributed by atoms with Gasteiger partial charge in [-0.15, -0.1) is 11.3 Å². The van der Waals surface area contributed by atoms with Gasteiger partial charge in [-0.25, -0.2) is 4.79 Å². The van der Waals surface area contributed by atoms with Crippen molar-refractivity contribution in [3.8, 4) is 11.1 Å². The number of nitrogens with zero attached hydrogens (tertiary/aromatic N) is 5. The molecule has 3 aromatic heterocycles. The van der Waals surface area contributed by atoms with Crippen molar-refractivity contribution >= 4 is 38.8 Å². The monoisotopic (exact) mass is 561 g/mol. The van der Waals surface area contributed by atoms with Gasteiger partial charge in [0.05, 0.1) is 16.8 Å². The Balaban J connectivity index is 1.36. The largest absolute Gasteiger partial charge is 0.366 e. The number of benzene rings is 1. The van der Waals surface area contributed by atoms with Crippen molar-refractivity contribution in [2.24, 2.45) is 0 Å². The van der Waals surface area contributed by atoms with E-state index in [-0.39, 0.29) is 23.8 Å². The van der Waals surface area contributed by atoms with Crippen molar-refractivity contribution < 1.29 is 0 Å². The van der Waals surface area contributed by atoms with Crippen LogP contribution in [0, 0.1) is 6.92 Å². The van der Waals surface area contributed by atoms with Gasteiger partial charge < -0.3 is 9.80 Å². The summed E-state index contributed by atoms with van der Waals surface area (Å²) in [6, 6.07) is 8.52. The van der Waals surface area contributed by atoms with Gasteiger partial charge in [-0.2, -0.15) is 0 Å². The highest BCUT2D eigenvalue weighted by Gasteiger charge is 2.32. The highest BCUT2D eigenvalue weighted by atomic mass is 35.5. The van der Waals surface area contributed by atoms with Gasteiger partial charge >= 0.3 is 5.69 Å². The van der Waals surface area contributed by atoms with Crippen LogP contribution in [0.3, 0.4) is 0 Å². The van der Waals surface area contributed by atoms with Crippen molar-refractivity contribution in [1.82, 2.24) is 19.0 Å². The van der Waals surface area contributed by atoms with Gasteiger partial charge in [0.2, 0.25) is 0 Å². The summed E-state index contributed by atoms with van der Waals surface area (Å²) >= 11 is 8.37. The van der Waals surface area contributed by atoms with E-state index < -0.39 is 0 Å². The van der Waals surface area contributed by atoms with Crippen molar-refractivity contribution in [1.29, 1.82) is 0 Å². The van der Waals surface area contributed by atoms with E-state index in [9.17, 15) is 9.59 Å². The molecule has 2 fully saturated rings. The summed E-state index contributed by atoms with van der Waals surface area (Å²) in [5.74, 6) is 0. The lowest BCUT2D eigenvalue weighted by molar-refractivity contribution is 0.406. The molecule has 0 unspecified atom stereocenters. The second-order valence-corrected chi connectivity index (χ2v) is 12.9. The van der Waals surface area contributed by atoms with Crippen molar-refractivity contribution in [2.45, 2.75) is 57.7 Å². The zero-order valence-corrected chi connectivity index (χ0v) is 23.9. The topological polar surface area (TPSA) is 63.4 Å². The van der Waals surface area contributed by atoms with E-state index in [4.69, 9.17) is 16.6 Å². The normalized spacial score (nSPS) is 19.7. The minimum absolute atomic E-state index is 0.222. The van der Waals surface area contributed by atoms with Gasteiger partial charge in [0, 0.05) is 70.3 Å². The van der Waals surface area contributed by atoms with Crippen molar-refractivity contribution in [3.63, 3.8) is 0 Å². The third-order valence-electron chi connectivity index (χ3n) is 8.49. The molecule has 39 heavy (non-hydrogen) atoms. The first-order valence-corrected chi connectivity index (χ1v) is 15.0. The van der Waals surface area contributed by atoms with E-state index in [0.29, 0.717) is 6.04 Å². The number of hydrogen-bond acceptors (Lipinski definition) is 6. The first-order valence-electron chi connectivity index (χ1n) is 13.9. The maximum absolute atomic E-state index is 13.1. The summed E-state index contributed by atoms with van der Waals surface area (Å²) in [7, 11) is 2.20. The molecule has 1 aromatic carbocycles. The third kappa shape index (κ3) is 4.42. The summed E-state index contributed by atoms with van der Waals surface area (Å²) in [6.45, 7) is 5.60. The maximum atomic E-state index is 13.1. The molecule has 2 aliphatic heterocycles. The summed E-state index contributed by atoms with van der Waals surface area (Å²) in [4.78, 5) is 36.5. The number of halogens is 1. The first kappa shape index (κ1) is 25.1. The molecule has 7 nitrogen and oxygen atoms in total. The molecular weight excluding hydrogens is 530 g/mol. The van der Waals surface area contributed by atoms with Gasteiger partial charge in [0.15, 0.2) is 0 Å². The molecule has 4 aromatic rings. The van der Waals surface area contributed by atoms with Crippen LogP contribution in [0.5, 0.6) is 0 Å². The lowest BCUT2D eigenvalue weighted by Crippen LogP contribution is -2.41. The Morgan fingerprint density at radius 3 is 2.72 bits per heavy atom. The zero-order chi connectivity index (χ0) is 26.8. The number of hydrogen-bond donors (Lipinski definition) is 0. The SMILES string of the molecule is Cc1cnc2cc(Cn3c(=O)ccn(C4CC4)c3=O)sc2c1-c1cc(Cl)cc2c1N([C@H]1CCN(C)C1)CCC2. The number of anilines is 1. The van der Waals surface area contributed by atoms with E-state index in [0.717, 1.165) is 88.5 Å². The first-order chi connectivity index (χ1) is 18.9. The molecule has 1 saturated heterocycles.